The van der Waals surface area contributed by atoms with Crippen LogP contribution >= 0.6 is 0 Å². The molecule has 18 heavy (non-hydrogen) atoms. The third-order valence-corrected chi connectivity index (χ3v) is 2.79. The van der Waals surface area contributed by atoms with E-state index in [4.69, 9.17) is 0 Å². The Morgan fingerprint density at radius 3 is 2.83 bits per heavy atom. The highest BCUT2D eigenvalue weighted by molar-refractivity contribution is 5.92. The molecule has 2 aromatic heterocycles. The summed E-state index contributed by atoms with van der Waals surface area (Å²) in [6.45, 7) is 1.84. The minimum Gasteiger partial charge on any atom is -0.310 e. The van der Waals surface area contributed by atoms with Crippen LogP contribution in [0.4, 0.5) is 0 Å². The Morgan fingerprint density at radius 1 is 1.17 bits per heavy atom. The van der Waals surface area contributed by atoms with Crippen LogP contribution in [0.1, 0.15) is 5.69 Å². The molecule has 0 aliphatic heterocycles. The number of para-hydroxylation sites is 1. The van der Waals surface area contributed by atoms with Crippen LogP contribution in [-0.4, -0.2) is 15.0 Å². The number of nitrogens with zero attached hydrogens (tertiary/aromatic N) is 2. The highest BCUT2D eigenvalue weighted by atomic mass is 16.1. The smallest absolute Gasteiger partial charge is 0.310 e. The van der Waals surface area contributed by atoms with Crippen LogP contribution in [0.3, 0.4) is 0 Å². The van der Waals surface area contributed by atoms with E-state index in [9.17, 15) is 4.79 Å². The minimum absolute atomic E-state index is 0.335. The van der Waals surface area contributed by atoms with Gasteiger partial charge < -0.3 is 4.98 Å². The summed E-state index contributed by atoms with van der Waals surface area (Å²) >= 11 is 0. The van der Waals surface area contributed by atoms with Gasteiger partial charge in [-0.3, -0.25) is 4.98 Å². The maximum absolute atomic E-state index is 11.4. The molecular weight excluding hydrogens is 226 g/mol. The van der Waals surface area contributed by atoms with Gasteiger partial charge in [0.05, 0.1) is 11.2 Å². The number of rotatable bonds is 1. The molecule has 0 fully saturated rings. The third kappa shape index (κ3) is 1.78. The minimum atomic E-state index is -0.335. The van der Waals surface area contributed by atoms with Gasteiger partial charge in [0.2, 0.25) is 0 Å². The molecule has 0 unspecified atom stereocenters. The van der Waals surface area contributed by atoms with E-state index in [1.54, 1.807) is 6.20 Å². The molecule has 3 rings (SSSR count). The molecule has 0 amide bonds. The zero-order valence-corrected chi connectivity index (χ0v) is 9.84. The van der Waals surface area contributed by atoms with E-state index in [-0.39, 0.29) is 5.69 Å². The Morgan fingerprint density at radius 2 is 2.00 bits per heavy atom. The van der Waals surface area contributed by atoms with Crippen molar-refractivity contribution < 1.29 is 0 Å². The van der Waals surface area contributed by atoms with Crippen LogP contribution in [0.5, 0.6) is 0 Å². The largest absolute Gasteiger partial charge is 0.345 e. The maximum Gasteiger partial charge on any atom is 0.345 e. The van der Waals surface area contributed by atoms with Crippen molar-refractivity contribution in [2.75, 3.05) is 0 Å². The Bertz CT molecular complexity index is 772. The van der Waals surface area contributed by atoms with Gasteiger partial charge in [-0.1, -0.05) is 24.3 Å². The topological polar surface area (TPSA) is 58.6 Å². The molecule has 4 nitrogen and oxygen atoms in total. The van der Waals surface area contributed by atoms with E-state index < -0.39 is 0 Å². The molecule has 1 aromatic carbocycles. The molecule has 0 aliphatic rings. The quantitative estimate of drug-likeness (QED) is 0.706. The molecule has 4 heteroatoms. The van der Waals surface area contributed by atoms with E-state index in [1.165, 1.54) is 0 Å². The molecule has 2 heterocycles. The molecule has 1 N–H and O–H groups in total. The van der Waals surface area contributed by atoms with E-state index in [0.29, 0.717) is 5.69 Å². The van der Waals surface area contributed by atoms with Gasteiger partial charge in [-0.05, 0) is 19.1 Å². The van der Waals surface area contributed by atoms with Crippen LogP contribution in [-0.2, 0) is 0 Å². The Hall–Kier alpha value is -2.49. The van der Waals surface area contributed by atoms with Crippen molar-refractivity contribution in [1.82, 2.24) is 15.0 Å². The molecule has 0 saturated heterocycles. The molecule has 0 spiro atoms. The Kier molecular flexibility index (Phi) is 2.41. The first-order valence-electron chi connectivity index (χ1n) is 5.66. The second-order valence-electron chi connectivity index (χ2n) is 4.14. The molecule has 0 bridgehead atoms. The van der Waals surface area contributed by atoms with Crippen molar-refractivity contribution in [3.8, 4) is 11.3 Å². The summed E-state index contributed by atoms with van der Waals surface area (Å²) in [6, 6.07) is 11.6. The standard InChI is InChI=1S/C14H11N3O/c1-9-8-12(17-14(18)16-9)11-6-2-4-10-5-3-7-15-13(10)11/h2-8H,1H3,(H,16,17,18). The van der Waals surface area contributed by atoms with Crippen LogP contribution in [0.25, 0.3) is 22.2 Å². The number of aryl methyl sites for hydroxylation is 1. The number of pyridine rings is 1. The third-order valence-electron chi connectivity index (χ3n) is 2.79. The average molecular weight is 237 g/mol. The second-order valence-corrected chi connectivity index (χ2v) is 4.14. The lowest BCUT2D eigenvalue weighted by Gasteiger charge is -2.05. The second kappa shape index (κ2) is 4.07. The van der Waals surface area contributed by atoms with Crippen molar-refractivity contribution in [3.63, 3.8) is 0 Å². The maximum atomic E-state index is 11.4. The molecule has 88 valence electrons. The lowest BCUT2D eigenvalue weighted by molar-refractivity contribution is 1.03. The average Bonchev–Trinajstić information content (AvgIpc) is 2.37. The van der Waals surface area contributed by atoms with Gasteiger partial charge in [-0.2, -0.15) is 4.98 Å². The van der Waals surface area contributed by atoms with Gasteiger partial charge in [0.25, 0.3) is 0 Å². The van der Waals surface area contributed by atoms with Crippen molar-refractivity contribution in [3.05, 3.63) is 58.8 Å². The summed E-state index contributed by atoms with van der Waals surface area (Å²) in [7, 11) is 0. The van der Waals surface area contributed by atoms with Gasteiger partial charge in [0, 0.05) is 22.8 Å². The Balaban J connectivity index is 2.34. The first-order valence-corrected chi connectivity index (χ1v) is 5.66. The fourth-order valence-electron chi connectivity index (χ4n) is 2.03. The van der Waals surface area contributed by atoms with Crippen molar-refractivity contribution in [2.24, 2.45) is 0 Å². The molecule has 0 radical (unpaired) electrons. The van der Waals surface area contributed by atoms with Crippen molar-refractivity contribution in [1.29, 1.82) is 0 Å². The number of aromatic amines is 1. The van der Waals surface area contributed by atoms with E-state index in [1.807, 2.05) is 43.3 Å². The summed E-state index contributed by atoms with van der Waals surface area (Å²) in [6.07, 6.45) is 1.74. The Labute approximate surface area is 103 Å². The number of fused-ring (bicyclic) bond motifs is 1. The zero-order chi connectivity index (χ0) is 12.5. The fourth-order valence-corrected chi connectivity index (χ4v) is 2.03. The van der Waals surface area contributed by atoms with E-state index in [2.05, 4.69) is 15.0 Å². The van der Waals surface area contributed by atoms with Crippen LogP contribution < -0.4 is 5.69 Å². The summed E-state index contributed by atoms with van der Waals surface area (Å²) in [4.78, 5) is 22.4. The molecule has 0 saturated carbocycles. The fraction of sp³-hybridized carbons (Fsp3) is 0.0714. The summed E-state index contributed by atoms with van der Waals surface area (Å²) in [5, 5.41) is 1.04. The first-order chi connectivity index (χ1) is 8.74. The van der Waals surface area contributed by atoms with E-state index in [0.717, 1.165) is 22.2 Å². The lowest BCUT2D eigenvalue weighted by Crippen LogP contribution is -2.12. The number of benzene rings is 1. The molecule has 0 atom stereocenters. The number of nitrogens with one attached hydrogen (secondary N) is 1. The van der Waals surface area contributed by atoms with E-state index >= 15 is 0 Å². The van der Waals surface area contributed by atoms with Crippen molar-refractivity contribution >= 4 is 10.9 Å². The predicted octanol–water partition coefficient (Wildman–Crippen LogP) is 2.29. The van der Waals surface area contributed by atoms with Crippen LogP contribution in [0, 0.1) is 6.92 Å². The number of hydrogen-bond acceptors (Lipinski definition) is 3. The number of H-pyrrole nitrogens is 1. The van der Waals surface area contributed by atoms with Gasteiger partial charge in [0.15, 0.2) is 0 Å². The monoisotopic (exact) mass is 237 g/mol. The van der Waals surface area contributed by atoms with Gasteiger partial charge >= 0.3 is 5.69 Å². The van der Waals surface area contributed by atoms with Gasteiger partial charge in [-0.25, -0.2) is 4.79 Å². The first kappa shape index (κ1) is 10.7. The highest BCUT2D eigenvalue weighted by Gasteiger charge is 2.06. The molecular formula is C14H11N3O. The predicted molar refractivity (Wildman–Crippen MR) is 70.3 cm³/mol. The lowest BCUT2D eigenvalue weighted by atomic mass is 10.1. The molecule has 0 aliphatic carbocycles. The van der Waals surface area contributed by atoms with Crippen molar-refractivity contribution in [2.45, 2.75) is 6.92 Å². The normalized spacial score (nSPS) is 10.7. The summed E-state index contributed by atoms with van der Waals surface area (Å²) < 4.78 is 0. The number of aromatic nitrogens is 3. The van der Waals surface area contributed by atoms with Crippen LogP contribution in [0.15, 0.2) is 47.4 Å². The van der Waals surface area contributed by atoms with Gasteiger partial charge in [-0.15, -0.1) is 0 Å². The van der Waals surface area contributed by atoms with Crippen LogP contribution in [0.2, 0.25) is 0 Å². The summed E-state index contributed by atoms with van der Waals surface area (Å²) in [5.41, 5.74) is 2.84. The SMILES string of the molecule is Cc1cc(-c2cccc3cccnc23)nc(=O)[nH]1. The number of hydrogen-bond donors (Lipinski definition) is 1. The zero-order valence-electron chi connectivity index (χ0n) is 9.84. The summed E-state index contributed by atoms with van der Waals surface area (Å²) in [5.74, 6) is 0. The highest BCUT2D eigenvalue weighted by Crippen LogP contribution is 2.24. The van der Waals surface area contributed by atoms with Gasteiger partial charge in [0.1, 0.15) is 0 Å². The molecule has 3 aromatic rings.